The number of hydrogen-bond acceptors (Lipinski definition) is 5. The smallest absolute Gasteiger partial charge is 0.333 e. The molecular formula is C28H54O5Si2. The second kappa shape index (κ2) is 12.7. The monoisotopic (exact) mass is 526 g/mol. The number of carbonyl (C=O) groups is 1. The van der Waals surface area contributed by atoms with Gasteiger partial charge in [0, 0.05) is 11.5 Å². The minimum Gasteiger partial charge on any atom is -0.463 e. The summed E-state index contributed by atoms with van der Waals surface area (Å²) >= 11 is 0. The molecule has 204 valence electrons. The van der Waals surface area contributed by atoms with E-state index in [1.54, 1.807) is 6.92 Å². The first-order valence-electron chi connectivity index (χ1n) is 13.3. The molecule has 0 radical (unpaired) electrons. The molecule has 1 aliphatic rings. The summed E-state index contributed by atoms with van der Waals surface area (Å²) in [4.78, 5) is 12.2. The third-order valence-corrected chi connectivity index (χ3v) is 17.1. The average Bonchev–Trinajstić information content (AvgIpc) is 2.69. The van der Waals surface area contributed by atoms with Gasteiger partial charge >= 0.3 is 5.97 Å². The van der Waals surface area contributed by atoms with Gasteiger partial charge in [0.2, 0.25) is 0 Å². The maximum atomic E-state index is 12.2. The Morgan fingerprint density at radius 3 is 2.09 bits per heavy atom. The predicted molar refractivity (Wildman–Crippen MR) is 152 cm³/mol. The van der Waals surface area contributed by atoms with Gasteiger partial charge in [0.05, 0.1) is 31.5 Å². The van der Waals surface area contributed by atoms with Crippen molar-refractivity contribution >= 4 is 22.6 Å². The number of carbonyl (C=O) groups excluding carboxylic acids is 1. The van der Waals surface area contributed by atoms with E-state index in [0.717, 1.165) is 12.8 Å². The van der Waals surface area contributed by atoms with Crippen LogP contribution >= 0.6 is 0 Å². The van der Waals surface area contributed by atoms with Crippen molar-refractivity contribution in [2.75, 3.05) is 13.2 Å². The number of hydrogen-bond donors (Lipinski definition) is 0. The maximum absolute atomic E-state index is 12.2. The van der Waals surface area contributed by atoms with Gasteiger partial charge in [-0.2, -0.15) is 0 Å². The van der Waals surface area contributed by atoms with Gasteiger partial charge in [-0.3, -0.25) is 0 Å². The summed E-state index contributed by atoms with van der Waals surface area (Å²) in [6.07, 6.45) is 7.81. The first-order chi connectivity index (χ1) is 15.8. The van der Waals surface area contributed by atoms with Gasteiger partial charge in [0.1, 0.15) is 0 Å². The van der Waals surface area contributed by atoms with E-state index >= 15 is 0 Å². The Bertz CT molecular complexity index is 743. The molecule has 0 saturated carbocycles. The molecule has 0 aromatic carbocycles. The van der Waals surface area contributed by atoms with E-state index in [9.17, 15) is 4.79 Å². The molecule has 5 nitrogen and oxygen atoms in total. The molecule has 1 rings (SSSR count). The summed E-state index contributed by atoms with van der Waals surface area (Å²) in [5.74, 6) is -0.134. The summed E-state index contributed by atoms with van der Waals surface area (Å²) in [7, 11) is -3.71. The summed E-state index contributed by atoms with van der Waals surface area (Å²) < 4.78 is 24.9. The lowest BCUT2D eigenvalue weighted by atomic mass is 9.88. The third-order valence-electron chi connectivity index (χ3n) is 8.13. The highest BCUT2D eigenvalue weighted by molar-refractivity contribution is 6.74. The molecule has 0 bridgehead atoms. The normalized spacial score (nSPS) is 25.2. The molecule has 0 amide bonds. The highest BCUT2D eigenvalue weighted by Crippen LogP contribution is 2.41. The van der Waals surface area contributed by atoms with Crippen molar-refractivity contribution in [3.63, 3.8) is 0 Å². The Balaban J connectivity index is 2.99. The zero-order chi connectivity index (χ0) is 27.2. The molecule has 0 aliphatic carbocycles. The Kier molecular flexibility index (Phi) is 11.7. The maximum Gasteiger partial charge on any atom is 0.333 e. The van der Waals surface area contributed by atoms with Gasteiger partial charge in [-0.1, -0.05) is 60.6 Å². The fourth-order valence-corrected chi connectivity index (χ4v) is 5.86. The van der Waals surface area contributed by atoms with Crippen LogP contribution < -0.4 is 0 Å². The fraction of sp³-hybridized carbons (Fsp3) is 0.821. The molecule has 4 atom stereocenters. The summed E-state index contributed by atoms with van der Waals surface area (Å²) in [5, 5.41) is 0.335. The standard InChI is InChI=1S/C28H54O5Si2/c1-14-30-26(29)21(2)19-24-22(3)25(33-35(12,13)28(7,8)9)20-23(32-24)17-15-16-18-31-34(10,11)27(4,5)6/h15-16,19,22-25H,14,17-18,20H2,1-13H3/b16-15+,21-19-/t22-,23-,24+,25-/m0/s1. The molecule has 1 aliphatic heterocycles. The first-order valence-corrected chi connectivity index (χ1v) is 19.1. The van der Waals surface area contributed by atoms with E-state index in [4.69, 9.17) is 18.3 Å². The van der Waals surface area contributed by atoms with Gasteiger partial charge in [-0.25, -0.2) is 4.79 Å². The van der Waals surface area contributed by atoms with Crippen molar-refractivity contribution in [1.82, 2.24) is 0 Å². The number of ether oxygens (including phenoxy) is 2. The van der Waals surface area contributed by atoms with Gasteiger partial charge in [-0.15, -0.1) is 0 Å². The van der Waals surface area contributed by atoms with Gasteiger partial charge in [0.15, 0.2) is 16.6 Å². The topological polar surface area (TPSA) is 54.0 Å². The van der Waals surface area contributed by atoms with Crippen LogP contribution in [0.1, 0.15) is 75.2 Å². The summed E-state index contributed by atoms with van der Waals surface area (Å²) in [6, 6.07) is 0. The second-order valence-electron chi connectivity index (χ2n) is 13.1. The molecule has 1 fully saturated rings. The van der Waals surface area contributed by atoms with Crippen LogP contribution in [0.25, 0.3) is 0 Å². The van der Waals surface area contributed by atoms with E-state index in [0.29, 0.717) is 18.8 Å². The van der Waals surface area contributed by atoms with Crippen molar-refractivity contribution in [1.29, 1.82) is 0 Å². The second-order valence-corrected chi connectivity index (χ2v) is 22.6. The average molecular weight is 527 g/mol. The Morgan fingerprint density at radius 1 is 1.00 bits per heavy atom. The summed E-state index contributed by atoms with van der Waals surface area (Å²) in [5.41, 5.74) is 0.591. The summed E-state index contributed by atoms with van der Waals surface area (Å²) in [6.45, 7) is 29.6. The molecule has 0 aromatic heterocycles. The van der Waals surface area contributed by atoms with Crippen molar-refractivity contribution in [3.8, 4) is 0 Å². The van der Waals surface area contributed by atoms with Crippen molar-refractivity contribution in [2.24, 2.45) is 5.92 Å². The molecule has 1 saturated heterocycles. The van der Waals surface area contributed by atoms with Crippen molar-refractivity contribution in [3.05, 3.63) is 23.8 Å². The molecular weight excluding hydrogens is 472 g/mol. The molecule has 1 heterocycles. The van der Waals surface area contributed by atoms with Crippen LogP contribution in [-0.4, -0.2) is 54.1 Å². The fourth-order valence-electron chi connectivity index (χ4n) is 3.49. The van der Waals surface area contributed by atoms with Gasteiger partial charge in [0.25, 0.3) is 0 Å². The van der Waals surface area contributed by atoms with Crippen LogP contribution in [0.15, 0.2) is 23.8 Å². The zero-order valence-corrected chi connectivity index (χ0v) is 26.9. The van der Waals surface area contributed by atoms with Crippen LogP contribution in [0.3, 0.4) is 0 Å². The quantitative estimate of drug-likeness (QED) is 0.127. The van der Waals surface area contributed by atoms with Crippen LogP contribution in [0.2, 0.25) is 36.3 Å². The highest BCUT2D eigenvalue weighted by Gasteiger charge is 2.44. The Labute approximate surface area is 218 Å². The lowest BCUT2D eigenvalue weighted by Gasteiger charge is -2.46. The first kappa shape index (κ1) is 32.3. The van der Waals surface area contributed by atoms with Gasteiger partial charge in [-0.05, 0) is 69.0 Å². The van der Waals surface area contributed by atoms with Gasteiger partial charge < -0.3 is 18.3 Å². The molecule has 0 unspecified atom stereocenters. The van der Waals surface area contributed by atoms with E-state index < -0.39 is 16.6 Å². The van der Waals surface area contributed by atoms with E-state index in [1.165, 1.54) is 0 Å². The third kappa shape index (κ3) is 9.58. The largest absolute Gasteiger partial charge is 0.463 e. The molecule has 7 heteroatoms. The van der Waals surface area contributed by atoms with Crippen molar-refractivity contribution in [2.45, 2.75) is 130 Å². The lowest BCUT2D eigenvalue weighted by molar-refractivity contribution is -0.139. The molecule has 0 spiro atoms. The number of esters is 1. The minimum absolute atomic E-state index is 0.0290. The van der Waals surface area contributed by atoms with Crippen LogP contribution in [0.5, 0.6) is 0 Å². The molecule has 0 aromatic rings. The molecule has 35 heavy (non-hydrogen) atoms. The van der Waals surface area contributed by atoms with Crippen LogP contribution in [0, 0.1) is 5.92 Å². The highest BCUT2D eigenvalue weighted by atomic mass is 28.4. The SMILES string of the molecule is CCOC(=O)/C(C)=C\[C@H]1O[C@@H](C/C=C/CO[Si](C)(C)C(C)(C)C)C[C@H](O[Si](C)(C)C(C)(C)C)[C@H]1C. The lowest BCUT2D eigenvalue weighted by Crippen LogP contribution is -2.51. The number of rotatable bonds is 10. The van der Waals surface area contributed by atoms with Crippen LogP contribution in [-0.2, 0) is 23.1 Å². The van der Waals surface area contributed by atoms with Crippen LogP contribution in [0.4, 0.5) is 0 Å². The van der Waals surface area contributed by atoms with E-state index in [1.807, 2.05) is 13.0 Å². The zero-order valence-electron chi connectivity index (χ0n) is 24.9. The Hall–Kier alpha value is -0.736. The van der Waals surface area contributed by atoms with E-state index in [2.05, 4.69) is 86.8 Å². The predicted octanol–water partition coefficient (Wildman–Crippen LogP) is 7.65. The minimum atomic E-state index is -1.95. The Morgan fingerprint density at radius 2 is 1.57 bits per heavy atom. The van der Waals surface area contributed by atoms with Crippen molar-refractivity contribution < 1.29 is 23.1 Å². The molecule has 0 N–H and O–H groups in total. The van der Waals surface area contributed by atoms with E-state index in [-0.39, 0.29) is 40.3 Å².